The van der Waals surface area contributed by atoms with E-state index in [1.54, 1.807) is 0 Å². The molecule has 0 fully saturated rings. The van der Waals surface area contributed by atoms with Crippen LogP contribution in [0.1, 0.15) is 13.3 Å². The highest BCUT2D eigenvalue weighted by Gasteiger charge is 2.28. The molecule has 1 rings (SSSR count). The lowest BCUT2D eigenvalue weighted by molar-refractivity contribution is 0.205. The molecule has 0 saturated heterocycles. The van der Waals surface area contributed by atoms with Gasteiger partial charge in [-0.2, -0.15) is 5.26 Å². The number of likely N-dealkylation sites (N-methyl/N-ethyl adjacent to an activating group) is 1. The van der Waals surface area contributed by atoms with Crippen LogP contribution in [0.4, 0.5) is 0 Å². The van der Waals surface area contributed by atoms with E-state index in [1.807, 2.05) is 14.0 Å². The van der Waals surface area contributed by atoms with Gasteiger partial charge in [0.15, 0.2) is 0 Å². The zero-order valence-corrected chi connectivity index (χ0v) is 6.46. The molecule has 54 valence electrons. The van der Waals surface area contributed by atoms with Crippen molar-refractivity contribution in [3.63, 3.8) is 0 Å². The summed E-state index contributed by atoms with van der Waals surface area (Å²) in [5.74, 6) is 0. The van der Waals surface area contributed by atoms with E-state index in [0.29, 0.717) is 0 Å². The van der Waals surface area contributed by atoms with E-state index < -0.39 is 0 Å². The summed E-state index contributed by atoms with van der Waals surface area (Å²) in [5, 5.41) is 8.80. The number of hydrogen-bond donors (Lipinski definition) is 0. The van der Waals surface area contributed by atoms with Crippen molar-refractivity contribution in [2.45, 2.75) is 18.9 Å². The molecule has 0 aromatic heterocycles. The molecule has 2 heteroatoms. The summed E-state index contributed by atoms with van der Waals surface area (Å²) in [6.45, 7) is 2.86. The molecular formula is C8H12N2. The van der Waals surface area contributed by atoms with Crippen LogP contribution in [-0.2, 0) is 0 Å². The van der Waals surface area contributed by atoms with Gasteiger partial charge in [-0.15, -0.1) is 0 Å². The van der Waals surface area contributed by atoms with Crippen molar-refractivity contribution >= 4 is 0 Å². The summed E-state index contributed by atoms with van der Waals surface area (Å²) in [4.78, 5) is 2.06. The standard InChI is InChI=1S/C8H12N2/c1-8(7-9)5-3-4-6-10(8)2/h3-4H,5-6H2,1-2H3. The van der Waals surface area contributed by atoms with Gasteiger partial charge in [-0.25, -0.2) is 0 Å². The Morgan fingerprint density at radius 1 is 1.60 bits per heavy atom. The molecule has 0 aromatic carbocycles. The third kappa shape index (κ3) is 1.05. The van der Waals surface area contributed by atoms with E-state index >= 15 is 0 Å². The van der Waals surface area contributed by atoms with Gasteiger partial charge in [0.1, 0.15) is 5.54 Å². The van der Waals surface area contributed by atoms with Crippen molar-refractivity contribution in [3.8, 4) is 6.07 Å². The Bertz CT molecular complexity index is 190. The molecule has 0 saturated carbocycles. The number of nitriles is 1. The van der Waals surface area contributed by atoms with Crippen LogP contribution in [0, 0.1) is 11.3 Å². The van der Waals surface area contributed by atoms with Crippen LogP contribution in [0.3, 0.4) is 0 Å². The number of nitrogens with zero attached hydrogens (tertiary/aromatic N) is 2. The summed E-state index contributed by atoms with van der Waals surface area (Å²) in [5.41, 5.74) is -0.269. The number of hydrogen-bond acceptors (Lipinski definition) is 2. The normalized spacial score (nSPS) is 33.7. The lowest BCUT2D eigenvalue weighted by atomic mass is 9.95. The van der Waals surface area contributed by atoms with Crippen molar-refractivity contribution in [3.05, 3.63) is 12.2 Å². The maximum Gasteiger partial charge on any atom is 0.109 e. The second kappa shape index (κ2) is 2.43. The minimum Gasteiger partial charge on any atom is -0.285 e. The molecule has 1 heterocycles. The fourth-order valence-corrected chi connectivity index (χ4v) is 1.03. The van der Waals surface area contributed by atoms with Gasteiger partial charge in [-0.05, 0) is 20.4 Å². The van der Waals surface area contributed by atoms with Crippen LogP contribution in [0.15, 0.2) is 12.2 Å². The van der Waals surface area contributed by atoms with Gasteiger partial charge in [0.25, 0.3) is 0 Å². The van der Waals surface area contributed by atoms with Crippen molar-refractivity contribution in [2.24, 2.45) is 0 Å². The van der Waals surface area contributed by atoms with Crippen molar-refractivity contribution in [1.82, 2.24) is 4.90 Å². The molecule has 0 spiro atoms. The van der Waals surface area contributed by atoms with Gasteiger partial charge in [0, 0.05) is 6.54 Å². The second-order valence-corrected chi connectivity index (χ2v) is 2.94. The zero-order valence-electron chi connectivity index (χ0n) is 6.46. The largest absolute Gasteiger partial charge is 0.285 e. The van der Waals surface area contributed by atoms with E-state index in [4.69, 9.17) is 5.26 Å². The van der Waals surface area contributed by atoms with Crippen LogP contribution in [0.2, 0.25) is 0 Å². The van der Waals surface area contributed by atoms with Crippen LogP contribution >= 0.6 is 0 Å². The van der Waals surface area contributed by atoms with E-state index in [9.17, 15) is 0 Å². The Labute approximate surface area is 61.8 Å². The first-order chi connectivity index (χ1) is 4.69. The Kier molecular flexibility index (Phi) is 1.78. The van der Waals surface area contributed by atoms with Gasteiger partial charge in [-0.3, -0.25) is 4.90 Å². The zero-order chi connectivity index (χ0) is 7.61. The number of rotatable bonds is 0. The molecule has 0 aliphatic carbocycles. The van der Waals surface area contributed by atoms with E-state index in [0.717, 1.165) is 13.0 Å². The minimum atomic E-state index is -0.269. The van der Waals surface area contributed by atoms with Gasteiger partial charge in [0.2, 0.25) is 0 Å². The summed E-state index contributed by atoms with van der Waals surface area (Å²) in [7, 11) is 1.98. The Balaban J connectivity index is 2.78. The fourth-order valence-electron chi connectivity index (χ4n) is 1.03. The highest BCUT2D eigenvalue weighted by Crippen LogP contribution is 2.20. The monoisotopic (exact) mass is 136 g/mol. The Morgan fingerprint density at radius 2 is 2.30 bits per heavy atom. The van der Waals surface area contributed by atoms with Crippen molar-refractivity contribution < 1.29 is 0 Å². The lowest BCUT2D eigenvalue weighted by Crippen LogP contribution is -2.44. The first-order valence-electron chi connectivity index (χ1n) is 3.46. The minimum absolute atomic E-state index is 0.269. The molecule has 2 nitrogen and oxygen atoms in total. The molecule has 0 aromatic rings. The summed E-state index contributed by atoms with van der Waals surface area (Å²) >= 11 is 0. The third-order valence-electron chi connectivity index (χ3n) is 2.14. The molecule has 1 atom stereocenters. The highest BCUT2D eigenvalue weighted by atomic mass is 15.2. The molecule has 0 radical (unpaired) electrons. The van der Waals surface area contributed by atoms with Crippen LogP contribution in [-0.4, -0.2) is 24.0 Å². The average molecular weight is 136 g/mol. The van der Waals surface area contributed by atoms with Gasteiger partial charge >= 0.3 is 0 Å². The quantitative estimate of drug-likeness (QED) is 0.467. The Hall–Kier alpha value is -0.810. The lowest BCUT2D eigenvalue weighted by Gasteiger charge is -2.33. The SMILES string of the molecule is CN1CC=CCC1(C)C#N. The van der Waals surface area contributed by atoms with Gasteiger partial charge in [-0.1, -0.05) is 12.2 Å². The van der Waals surface area contributed by atoms with Gasteiger partial charge < -0.3 is 0 Å². The molecule has 1 aliphatic rings. The summed E-state index contributed by atoms with van der Waals surface area (Å²) in [6, 6.07) is 2.30. The summed E-state index contributed by atoms with van der Waals surface area (Å²) in [6.07, 6.45) is 5.02. The van der Waals surface area contributed by atoms with Crippen molar-refractivity contribution in [1.29, 1.82) is 5.26 Å². The predicted molar refractivity (Wildman–Crippen MR) is 40.4 cm³/mol. The predicted octanol–water partition coefficient (Wildman–Crippen LogP) is 1.16. The highest BCUT2D eigenvalue weighted by molar-refractivity contribution is 5.13. The first-order valence-corrected chi connectivity index (χ1v) is 3.46. The maximum atomic E-state index is 8.80. The van der Waals surface area contributed by atoms with E-state index in [-0.39, 0.29) is 5.54 Å². The molecule has 0 amide bonds. The topological polar surface area (TPSA) is 27.0 Å². The smallest absolute Gasteiger partial charge is 0.109 e. The molecule has 1 unspecified atom stereocenters. The molecule has 10 heavy (non-hydrogen) atoms. The Morgan fingerprint density at radius 3 is 2.70 bits per heavy atom. The third-order valence-corrected chi connectivity index (χ3v) is 2.14. The fraction of sp³-hybridized carbons (Fsp3) is 0.625. The van der Waals surface area contributed by atoms with Crippen LogP contribution in [0.5, 0.6) is 0 Å². The first kappa shape index (κ1) is 7.30. The molecule has 0 N–H and O–H groups in total. The maximum absolute atomic E-state index is 8.80. The van der Waals surface area contributed by atoms with E-state index in [1.165, 1.54) is 0 Å². The van der Waals surface area contributed by atoms with Crippen LogP contribution in [0.25, 0.3) is 0 Å². The van der Waals surface area contributed by atoms with Gasteiger partial charge in [0.05, 0.1) is 6.07 Å². The van der Waals surface area contributed by atoms with Crippen molar-refractivity contribution in [2.75, 3.05) is 13.6 Å². The molecule has 0 bridgehead atoms. The second-order valence-electron chi connectivity index (χ2n) is 2.94. The van der Waals surface area contributed by atoms with E-state index in [2.05, 4.69) is 23.1 Å². The van der Waals surface area contributed by atoms with Crippen LogP contribution < -0.4 is 0 Å². The molecular weight excluding hydrogens is 124 g/mol. The summed E-state index contributed by atoms with van der Waals surface area (Å²) < 4.78 is 0. The molecule has 1 aliphatic heterocycles. The average Bonchev–Trinajstić information content (AvgIpc) is 1.96.